The summed E-state index contributed by atoms with van der Waals surface area (Å²) < 4.78 is 10.7. The average molecular weight is 340 g/mol. The van der Waals surface area contributed by atoms with Gasteiger partial charge >= 0.3 is 0 Å². The number of ether oxygens (including phenoxy) is 2. The number of anilines is 1. The number of hydrogen-bond donors (Lipinski definition) is 1. The molecule has 0 heterocycles. The quantitative estimate of drug-likeness (QED) is 0.862. The summed E-state index contributed by atoms with van der Waals surface area (Å²) in [4.78, 5) is 12.3. The Morgan fingerprint density at radius 2 is 1.86 bits per heavy atom. The van der Waals surface area contributed by atoms with E-state index in [9.17, 15) is 4.79 Å². The molecule has 0 aliphatic rings. The fourth-order valence-corrected chi connectivity index (χ4v) is 2.16. The smallest absolute Gasteiger partial charge is 0.255 e. The minimum absolute atomic E-state index is 0.276. The van der Waals surface area contributed by atoms with Crippen molar-refractivity contribution in [1.82, 2.24) is 0 Å². The Bertz CT molecular complexity index is 689. The lowest BCUT2D eigenvalue weighted by Gasteiger charge is -2.11. The lowest BCUT2D eigenvalue weighted by Crippen LogP contribution is -2.12. The average Bonchev–Trinajstić information content (AvgIpc) is 2.51. The van der Waals surface area contributed by atoms with Crippen molar-refractivity contribution >= 4 is 34.8 Å². The number of benzene rings is 2. The summed E-state index contributed by atoms with van der Waals surface area (Å²) in [5, 5.41) is 3.57. The third-order valence-electron chi connectivity index (χ3n) is 2.90. The molecule has 0 radical (unpaired) electrons. The molecular weight excluding hydrogens is 325 g/mol. The minimum Gasteiger partial charge on any atom is -0.493 e. The van der Waals surface area contributed by atoms with E-state index in [1.54, 1.807) is 43.5 Å². The Morgan fingerprint density at radius 3 is 2.50 bits per heavy atom. The van der Waals surface area contributed by atoms with Crippen LogP contribution >= 0.6 is 23.2 Å². The van der Waals surface area contributed by atoms with Crippen LogP contribution in [0.1, 0.15) is 17.3 Å². The number of halogens is 2. The molecule has 0 bridgehead atoms. The molecule has 0 aliphatic heterocycles. The third-order valence-corrected chi connectivity index (χ3v) is 3.64. The van der Waals surface area contributed by atoms with Gasteiger partial charge < -0.3 is 14.8 Å². The molecule has 0 atom stereocenters. The van der Waals surface area contributed by atoms with Gasteiger partial charge in [-0.1, -0.05) is 23.2 Å². The predicted octanol–water partition coefficient (Wildman–Crippen LogP) is 4.65. The Hall–Kier alpha value is -1.91. The fourth-order valence-electron chi connectivity index (χ4n) is 1.86. The Balaban J connectivity index is 2.21. The molecule has 4 nitrogen and oxygen atoms in total. The summed E-state index contributed by atoms with van der Waals surface area (Å²) >= 11 is 11.8. The second-order valence-corrected chi connectivity index (χ2v) is 5.20. The van der Waals surface area contributed by atoms with Crippen molar-refractivity contribution in [2.24, 2.45) is 0 Å². The monoisotopic (exact) mass is 339 g/mol. The van der Waals surface area contributed by atoms with Crippen LogP contribution in [0.3, 0.4) is 0 Å². The van der Waals surface area contributed by atoms with Gasteiger partial charge in [0.15, 0.2) is 11.5 Å². The van der Waals surface area contributed by atoms with Crippen molar-refractivity contribution in [2.75, 3.05) is 19.0 Å². The second-order valence-electron chi connectivity index (χ2n) is 4.38. The van der Waals surface area contributed by atoms with E-state index in [0.717, 1.165) is 0 Å². The van der Waals surface area contributed by atoms with Crippen molar-refractivity contribution < 1.29 is 14.3 Å². The van der Waals surface area contributed by atoms with Gasteiger partial charge in [-0.3, -0.25) is 4.79 Å². The Labute approximate surface area is 138 Å². The first kappa shape index (κ1) is 16.5. The zero-order chi connectivity index (χ0) is 16.1. The van der Waals surface area contributed by atoms with Gasteiger partial charge in [0, 0.05) is 11.3 Å². The van der Waals surface area contributed by atoms with E-state index in [0.29, 0.717) is 39.4 Å². The molecule has 1 N–H and O–H groups in total. The fraction of sp³-hybridized carbons (Fsp3) is 0.188. The van der Waals surface area contributed by atoms with Crippen LogP contribution in [0, 0.1) is 0 Å². The van der Waals surface area contributed by atoms with Crippen molar-refractivity contribution in [3.8, 4) is 11.5 Å². The number of rotatable bonds is 5. The topological polar surface area (TPSA) is 47.6 Å². The van der Waals surface area contributed by atoms with Crippen molar-refractivity contribution in [3.05, 3.63) is 52.0 Å². The highest BCUT2D eigenvalue weighted by Crippen LogP contribution is 2.29. The zero-order valence-corrected chi connectivity index (χ0v) is 13.7. The van der Waals surface area contributed by atoms with Gasteiger partial charge in [0.05, 0.1) is 23.8 Å². The molecule has 0 saturated carbocycles. The highest BCUT2D eigenvalue weighted by Gasteiger charge is 2.12. The van der Waals surface area contributed by atoms with Gasteiger partial charge in [-0.05, 0) is 43.3 Å². The summed E-state index contributed by atoms with van der Waals surface area (Å²) in [5.41, 5.74) is 1.02. The Morgan fingerprint density at radius 1 is 1.09 bits per heavy atom. The third kappa shape index (κ3) is 3.84. The highest BCUT2D eigenvalue weighted by molar-refractivity contribution is 6.42. The van der Waals surface area contributed by atoms with E-state index >= 15 is 0 Å². The van der Waals surface area contributed by atoms with E-state index in [1.165, 1.54) is 0 Å². The standard InChI is InChI=1S/C16H15Cl2NO3/c1-3-22-15-8-10(4-7-14(15)21-2)16(20)19-11-5-6-12(17)13(18)9-11/h4-9H,3H2,1-2H3,(H,19,20). The number of amides is 1. The van der Waals surface area contributed by atoms with E-state index in [2.05, 4.69) is 5.32 Å². The first-order chi connectivity index (χ1) is 10.5. The van der Waals surface area contributed by atoms with Crippen LogP contribution in [0.5, 0.6) is 11.5 Å². The summed E-state index contributed by atoms with van der Waals surface area (Å²) in [6, 6.07) is 9.88. The lowest BCUT2D eigenvalue weighted by molar-refractivity contribution is 0.102. The molecule has 0 unspecified atom stereocenters. The largest absolute Gasteiger partial charge is 0.493 e. The first-order valence-corrected chi connectivity index (χ1v) is 7.38. The number of carbonyl (C=O) groups excluding carboxylic acids is 1. The van der Waals surface area contributed by atoms with Crippen LogP contribution in [0.2, 0.25) is 10.0 Å². The summed E-state index contributed by atoms with van der Waals surface area (Å²) in [7, 11) is 1.55. The lowest BCUT2D eigenvalue weighted by atomic mass is 10.2. The molecule has 22 heavy (non-hydrogen) atoms. The van der Waals surface area contributed by atoms with Gasteiger partial charge in [-0.25, -0.2) is 0 Å². The van der Waals surface area contributed by atoms with Crippen LogP contribution in [0.15, 0.2) is 36.4 Å². The van der Waals surface area contributed by atoms with Gasteiger partial charge in [0.25, 0.3) is 5.91 Å². The van der Waals surface area contributed by atoms with Gasteiger partial charge in [0.1, 0.15) is 0 Å². The van der Waals surface area contributed by atoms with Crippen molar-refractivity contribution in [1.29, 1.82) is 0 Å². The van der Waals surface area contributed by atoms with Crippen molar-refractivity contribution in [3.63, 3.8) is 0 Å². The maximum absolute atomic E-state index is 12.3. The van der Waals surface area contributed by atoms with Gasteiger partial charge in [-0.15, -0.1) is 0 Å². The van der Waals surface area contributed by atoms with Crippen LogP contribution in [0.25, 0.3) is 0 Å². The molecular formula is C16H15Cl2NO3. The molecule has 2 aromatic carbocycles. The molecule has 0 spiro atoms. The van der Waals surface area contributed by atoms with E-state index in [-0.39, 0.29) is 5.91 Å². The van der Waals surface area contributed by atoms with E-state index < -0.39 is 0 Å². The Kier molecular flexibility index (Phi) is 5.52. The van der Waals surface area contributed by atoms with Gasteiger partial charge in [0.2, 0.25) is 0 Å². The summed E-state index contributed by atoms with van der Waals surface area (Å²) in [6.07, 6.45) is 0. The number of hydrogen-bond acceptors (Lipinski definition) is 3. The number of methoxy groups -OCH3 is 1. The molecule has 2 aromatic rings. The van der Waals surface area contributed by atoms with Crippen LogP contribution in [-0.2, 0) is 0 Å². The normalized spacial score (nSPS) is 10.2. The van der Waals surface area contributed by atoms with Gasteiger partial charge in [-0.2, -0.15) is 0 Å². The zero-order valence-electron chi connectivity index (χ0n) is 12.2. The highest BCUT2D eigenvalue weighted by atomic mass is 35.5. The SMILES string of the molecule is CCOc1cc(C(=O)Nc2ccc(Cl)c(Cl)c2)ccc1OC. The molecule has 0 saturated heterocycles. The second kappa shape index (κ2) is 7.38. The molecule has 6 heteroatoms. The molecule has 0 aliphatic carbocycles. The molecule has 0 aromatic heterocycles. The number of nitrogens with one attached hydrogen (secondary N) is 1. The van der Waals surface area contributed by atoms with Crippen LogP contribution in [0.4, 0.5) is 5.69 Å². The number of carbonyl (C=O) groups is 1. The molecule has 2 rings (SSSR count). The van der Waals surface area contributed by atoms with Crippen LogP contribution in [-0.4, -0.2) is 19.6 Å². The first-order valence-electron chi connectivity index (χ1n) is 6.62. The maximum Gasteiger partial charge on any atom is 0.255 e. The van der Waals surface area contributed by atoms with Crippen molar-refractivity contribution in [2.45, 2.75) is 6.92 Å². The maximum atomic E-state index is 12.3. The molecule has 116 valence electrons. The van der Waals surface area contributed by atoms with Crippen LogP contribution < -0.4 is 14.8 Å². The predicted molar refractivity (Wildman–Crippen MR) is 88.6 cm³/mol. The van der Waals surface area contributed by atoms with E-state index in [4.69, 9.17) is 32.7 Å². The summed E-state index contributed by atoms with van der Waals surface area (Å²) in [5.74, 6) is 0.821. The minimum atomic E-state index is -0.276. The molecule has 0 fully saturated rings. The molecule has 1 amide bonds. The van der Waals surface area contributed by atoms with E-state index in [1.807, 2.05) is 6.92 Å². The summed E-state index contributed by atoms with van der Waals surface area (Å²) in [6.45, 7) is 2.34.